The minimum Gasteiger partial charge on any atom is -0.384 e. The van der Waals surface area contributed by atoms with Gasteiger partial charge in [0.05, 0.1) is 18.3 Å². The molecule has 2 fully saturated rings. The van der Waals surface area contributed by atoms with Gasteiger partial charge in [0.25, 0.3) is 0 Å². The van der Waals surface area contributed by atoms with Crippen LogP contribution in [0.1, 0.15) is 56.1 Å². The number of carbonyl (C=O) groups excluding carboxylic acids is 1. The van der Waals surface area contributed by atoms with Gasteiger partial charge in [0, 0.05) is 18.7 Å². The molecule has 1 aromatic heterocycles. The van der Waals surface area contributed by atoms with E-state index >= 15 is 0 Å². The summed E-state index contributed by atoms with van der Waals surface area (Å²) in [5.74, 6) is 1.36. The smallest absolute Gasteiger partial charge is 0.237 e. The minimum absolute atomic E-state index is 0.0449. The van der Waals surface area contributed by atoms with Crippen molar-refractivity contribution in [1.29, 1.82) is 0 Å². The number of likely N-dealkylation sites (tertiary alicyclic amines) is 1. The first-order valence-corrected chi connectivity index (χ1v) is 8.65. The second-order valence-electron chi connectivity index (χ2n) is 6.86. The van der Waals surface area contributed by atoms with E-state index in [-0.39, 0.29) is 11.9 Å². The number of likely N-dealkylation sites (N-methyl/N-ethyl adjacent to an activating group) is 1. The van der Waals surface area contributed by atoms with Gasteiger partial charge < -0.3 is 10.6 Å². The molecule has 0 bridgehead atoms. The Hall–Kier alpha value is -1.69. The average molecular weight is 317 g/mol. The monoisotopic (exact) mass is 317 g/mol. The zero-order chi connectivity index (χ0) is 16.4. The lowest BCUT2D eigenvalue weighted by Gasteiger charge is -2.29. The summed E-state index contributed by atoms with van der Waals surface area (Å²) in [5.41, 5.74) is 6.73. The van der Waals surface area contributed by atoms with Crippen LogP contribution in [-0.2, 0) is 4.79 Å². The quantitative estimate of drug-likeness (QED) is 0.918. The van der Waals surface area contributed by atoms with E-state index in [0.717, 1.165) is 25.1 Å². The predicted molar refractivity (Wildman–Crippen MR) is 89.8 cm³/mol. The second kappa shape index (κ2) is 6.83. The first-order chi connectivity index (χ1) is 11.0. The highest BCUT2D eigenvalue weighted by atomic mass is 16.2. The molecule has 0 aromatic carbocycles. The van der Waals surface area contributed by atoms with Gasteiger partial charge in [-0.15, -0.1) is 0 Å². The summed E-state index contributed by atoms with van der Waals surface area (Å²) < 4.78 is 0. The molecule has 1 aliphatic heterocycles. The minimum atomic E-state index is 0.0449. The Labute approximate surface area is 138 Å². The molecule has 6 heteroatoms. The third-order valence-electron chi connectivity index (χ3n) is 5.12. The third kappa shape index (κ3) is 3.63. The van der Waals surface area contributed by atoms with Gasteiger partial charge >= 0.3 is 0 Å². The van der Waals surface area contributed by atoms with Gasteiger partial charge in [-0.3, -0.25) is 9.69 Å². The molecule has 1 atom stereocenters. The Morgan fingerprint density at radius 1 is 1.30 bits per heavy atom. The summed E-state index contributed by atoms with van der Waals surface area (Å²) in [4.78, 5) is 25.6. The normalized spacial score (nSPS) is 22.2. The zero-order valence-electron chi connectivity index (χ0n) is 14.2. The average Bonchev–Trinajstić information content (AvgIpc) is 3.18. The molecule has 23 heavy (non-hydrogen) atoms. The van der Waals surface area contributed by atoms with E-state index in [4.69, 9.17) is 5.73 Å². The van der Waals surface area contributed by atoms with Crippen LogP contribution in [0.2, 0.25) is 0 Å². The number of nitrogen functional groups attached to an aromatic ring is 1. The molecular weight excluding hydrogens is 290 g/mol. The molecule has 1 amide bonds. The largest absolute Gasteiger partial charge is 0.384 e. The first kappa shape index (κ1) is 16.2. The van der Waals surface area contributed by atoms with Gasteiger partial charge in [-0.2, -0.15) is 0 Å². The van der Waals surface area contributed by atoms with Gasteiger partial charge in [-0.25, -0.2) is 9.97 Å². The molecule has 1 saturated heterocycles. The van der Waals surface area contributed by atoms with Crippen LogP contribution in [0.15, 0.2) is 6.07 Å². The van der Waals surface area contributed by atoms with Crippen molar-refractivity contribution in [1.82, 2.24) is 19.8 Å². The molecular formula is C17H27N5O. The number of rotatable bonds is 4. The summed E-state index contributed by atoms with van der Waals surface area (Å²) >= 11 is 0. The maximum atomic E-state index is 12.8. The van der Waals surface area contributed by atoms with Crippen molar-refractivity contribution in [2.75, 3.05) is 25.9 Å². The van der Waals surface area contributed by atoms with Crippen LogP contribution >= 0.6 is 0 Å². The van der Waals surface area contributed by atoms with E-state index in [2.05, 4.69) is 21.9 Å². The second-order valence-corrected chi connectivity index (χ2v) is 6.86. The van der Waals surface area contributed by atoms with E-state index in [1.165, 1.54) is 25.7 Å². The number of hydrogen-bond donors (Lipinski definition) is 1. The van der Waals surface area contributed by atoms with Crippen molar-refractivity contribution < 1.29 is 4.79 Å². The molecule has 2 N–H and O–H groups in total. The van der Waals surface area contributed by atoms with E-state index in [1.54, 1.807) is 0 Å². The highest BCUT2D eigenvalue weighted by Gasteiger charge is 2.32. The van der Waals surface area contributed by atoms with Gasteiger partial charge in [0.1, 0.15) is 11.6 Å². The predicted octanol–water partition coefficient (Wildman–Crippen LogP) is 1.91. The maximum Gasteiger partial charge on any atom is 0.237 e. The summed E-state index contributed by atoms with van der Waals surface area (Å²) in [5, 5.41) is 0. The van der Waals surface area contributed by atoms with E-state index < -0.39 is 0 Å². The first-order valence-electron chi connectivity index (χ1n) is 8.65. The number of aryl methyl sites for hydroxylation is 1. The van der Waals surface area contributed by atoms with Crippen LogP contribution in [0, 0.1) is 6.92 Å². The summed E-state index contributed by atoms with van der Waals surface area (Å²) in [7, 11) is 2.08. The number of hydrogen-bond acceptors (Lipinski definition) is 5. The molecule has 1 aliphatic carbocycles. The van der Waals surface area contributed by atoms with Gasteiger partial charge in [0.2, 0.25) is 5.91 Å². The zero-order valence-corrected chi connectivity index (χ0v) is 14.2. The number of carbonyl (C=O) groups is 1. The van der Waals surface area contributed by atoms with Crippen molar-refractivity contribution in [3.05, 3.63) is 17.6 Å². The van der Waals surface area contributed by atoms with Crippen LogP contribution in [0.3, 0.4) is 0 Å². The highest BCUT2D eigenvalue weighted by molar-refractivity contribution is 5.79. The van der Waals surface area contributed by atoms with Crippen molar-refractivity contribution in [3.63, 3.8) is 0 Å². The Morgan fingerprint density at radius 3 is 2.74 bits per heavy atom. The Kier molecular flexibility index (Phi) is 4.80. The lowest BCUT2D eigenvalue weighted by atomic mass is 10.1. The molecule has 1 saturated carbocycles. The fourth-order valence-electron chi connectivity index (χ4n) is 3.94. The number of anilines is 1. The third-order valence-corrected chi connectivity index (χ3v) is 5.12. The van der Waals surface area contributed by atoms with Crippen molar-refractivity contribution >= 4 is 11.7 Å². The van der Waals surface area contributed by atoms with Gasteiger partial charge in [-0.05, 0) is 39.7 Å². The fraction of sp³-hybridized carbons (Fsp3) is 0.706. The molecule has 6 nitrogen and oxygen atoms in total. The van der Waals surface area contributed by atoms with Crippen LogP contribution in [-0.4, -0.2) is 51.9 Å². The van der Waals surface area contributed by atoms with Crippen LogP contribution in [0.5, 0.6) is 0 Å². The Bertz CT molecular complexity index is 550. The molecule has 0 spiro atoms. The molecule has 3 rings (SSSR count). The van der Waals surface area contributed by atoms with Crippen LogP contribution in [0.4, 0.5) is 5.82 Å². The molecule has 0 radical (unpaired) electrons. The number of amides is 1. The summed E-state index contributed by atoms with van der Waals surface area (Å²) in [6.07, 6.45) is 6.98. The number of nitrogens with two attached hydrogens (primary N) is 1. The van der Waals surface area contributed by atoms with Crippen molar-refractivity contribution in [2.24, 2.45) is 0 Å². The molecule has 2 aliphatic rings. The number of nitrogens with zero attached hydrogens (tertiary/aromatic N) is 4. The Morgan fingerprint density at radius 2 is 2.04 bits per heavy atom. The standard InChI is InChI=1S/C17H27N5O/c1-12-19-14(10-16(18)20-12)15-8-5-9-22(15)17(23)11-21(2)13-6-3-4-7-13/h10,13,15H,3-9,11H2,1-2H3,(H2,18,19,20)/t15-/m1/s1. The van der Waals surface area contributed by atoms with Crippen LogP contribution in [0.25, 0.3) is 0 Å². The van der Waals surface area contributed by atoms with E-state index in [1.807, 2.05) is 17.9 Å². The lowest BCUT2D eigenvalue weighted by molar-refractivity contribution is -0.133. The van der Waals surface area contributed by atoms with Gasteiger partial charge in [-0.1, -0.05) is 12.8 Å². The molecule has 0 unspecified atom stereocenters. The summed E-state index contributed by atoms with van der Waals surface area (Å²) in [6.45, 7) is 3.15. The SMILES string of the molecule is Cc1nc(N)cc([C@H]2CCCN2C(=O)CN(C)C2CCCC2)n1. The maximum absolute atomic E-state index is 12.8. The lowest BCUT2D eigenvalue weighted by Crippen LogP contribution is -2.42. The van der Waals surface area contributed by atoms with Crippen molar-refractivity contribution in [3.8, 4) is 0 Å². The van der Waals surface area contributed by atoms with Gasteiger partial charge in [0.15, 0.2) is 0 Å². The fourth-order valence-corrected chi connectivity index (χ4v) is 3.94. The van der Waals surface area contributed by atoms with Crippen LogP contribution < -0.4 is 5.73 Å². The topological polar surface area (TPSA) is 75.3 Å². The van der Waals surface area contributed by atoms with E-state index in [0.29, 0.717) is 24.2 Å². The highest BCUT2D eigenvalue weighted by Crippen LogP contribution is 2.32. The molecule has 1 aromatic rings. The van der Waals surface area contributed by atoms with E-state index in [9.17, 15) is 4.79 Å². The van der Waals surface area contributed by atoms with Crippen molar-refractivity contribution in [2.45, 2.75) is 57.5 Å². The Balaban J connectivity index is 1.69. The molecule has 126 valence electrons. The number of aromatic nitrogens is 2. The summed E-state index contributed by atoms with van der Waals surface area (Å²) in [6, 6.07) is 2.42. The molecule has 2 heterocycles.